The largest absolute Gasteiger partial charge is 0.480 e. The SMILES string of the molecule is CCC(N)(CC)CNC(=O)C(C)Oc1ccc(C)cc1Br.Cl. The molecule has 0 bridgehead atoms. The number of hydrogen-bond acceptors (Lipinski definition) is 3. The van der Waals surface area contributed by atoms with E-state index in [1.807, 2.05) is 39.0 Å². The molecule has 0 aliphatic carbocycles. The summed E-state index contributed by atoms with van der Waals surface area (Å²) in [5, 5.41) is 2.87. The Labute approximate surface area is 147 Å². The molecule has 0 spiro atoms. The quantitative estimate of drug-likeness (QED) is 0.744. The Morgan fingerprint density at radius 2 is 2.00 bits per heavy atom. The Morgan fingerprint density at radius 1 is 1.41 bits per heavy atom. The molecule has 0 aliphatic rings. The van der Waals surface area contributed by atoms with Gasteiger partial charge in [0.05, 0.1) is 4.47 Å². The second kappa shape index (κ2) is 9.38. The van der Waals surface area contributed by atoms with Crippen molar-refractivity contribution in [3.05, 3.63) is 28.2 Å². The molecule has 0 heterocycles. The summed E-state index contributed by atoms with van der Waals surface area (Å²) >= 11 is 3.44. The third-order valence-electron chi connectivity index (χ3n) is 3.78. The van der Waals surface area contributed by atoms with E-state index in [2.05, 4.69) is 21.2 Å². The standard InChI is InChI=1S/C16H25BrN2O2.ClH/c1-5-16(18,6-2)10-19-15(20)12(4)21-14-8-7-11(3)9-13(14)17;/h7-9,12H,5-6,10,18H2,1-4H3,(H,19,20);1H. The Hall–Kier alpha value is -0.780. The maximum atomic E-state index is 12.1. The molecule has 1 atom stereocenters. The minimum Gasteiger partial charge on any atom is -0.480 e. The lowest BCUT2D eigenvalue weighted by Crippen LogP contribution is -2.51. The van der Waals surface area contributed by atoms with Crippen LogP contribution in [-0.2, 0) is 4.79 Å². The molecule has 0 saturated heterocycles. The molecule has 0 aromatic heterocycles. The van der Waals surface area contributed by atoms with Crippen LogP contribution in [0.2, 0.25) is 0 Å². The van der Waals surface area contributed by atoms with Gasteiger partial charge in [-0.25, -0.2) is 0 Å². The van der Waals surface area contributed by atoms with Gasteiger partial charge in [0.1, 0.15) is 5.75 Å². The lowest BCUT2D eigenvalue weighted by molar-refractivity contribution is -0.127. The molecule has 0 saturated carbocycles. The van der Waals surface area contributed by atoms with Crippen molar-refractivity contribution in [1.29, 1.82) is 0 Å². The Bertz CT molecular complexity index is 493. The monoisotopic (exact) mass is 392 g/mol. The van der Waals surface area contributed by atoms with Gasteiger partial charge < -0.3 is 15.8 Å². The van der Waals surface area contributed by atoms with Crippen molar-refractivity contribution in [3.63, 3.8) is 0 Å². The first-order chi connectivity index (χ1) is 9.81. The lowest BCUT2D eigenvalue weighted by Gasteiger charge is -2.27. The van der Waals surface area contributed by atoms with Crippen LogP contribution in [0.3, 0.4) is 0 Å². The molecule has 1 rings (SSSR count). The van der Waals surface area contributed by atoms with E-state index < -0.39 is 6.10 Å². The van der Waals surface area contributed by atoms with Crippen molar-refractivity contribution in [2.75, 3.05) is 6.54 Å². The molecular weight excluding hydrogens is 368 g/mol. The fourth-order valence-corrected chi connectivity index (χ4v) is 2.44. The highest BCUT2D eigenvalue weighted by Crippen LogP contribution is 2.26. The molecule has 1 aromatic rings. The molecule has 22 heavy (non-hydrogen) atoms. The molecule has 1 amide bonds. The topological polar surface area (TPSA) is 64.3 Å². The predicted molar refractivity (Wildman–Crippen MR) is 96.7 cm³/mol. The van der Waals surface area contributed by atoms with E-state index in [1.165, 1.54) is 0 Å². The number of carbonyl (C=O) groups is 1. The fourth-order valence-electron chi connectivity index (χ4n) is 1.85. The van der Waals surface area contributed by atoms with Crippen molar-refractivity contribution in [2.24, 2.45) is 5.73 Å². The molecular formula is C16H26BrClN2O2. The summed E-state index contributed by atoms with van der Waals surface area (Å²) in [5.41, 5.74) is 6.96. The second-order valence-corrected chi connectivity index (χ2v) is 6.34. The summed E-state index contributed by atoms with van der Waals surface area (Å²) < 4.78 is 6.54. The third kappa shape index (κ3) is 6.15. The van der Waals surface area contributed by atoms with E-state index in [0.29, 0.717) is 12.3 Å². The lowest BCUT2D eigenvalue weighted by atomic mass is 9.94. The van der Waals surface area contributed by atoms with Gasteiger partial charge in [0.2, 0.25) is 0 Å². The minimum atomic E-state index is -0.568. The molecule has 0 radical (unpaired) electrons. The van der Waals surface area contributed by atoms with E-state index in [9.17, 15) is 4.79 Å². The predicted octanol–water partition coefficient (Wildman–Crippen LogP) is 3.58. The van der Waals surface area contributed by atoms with E-state index in [0.717, 1.165) is 22.9 Å². The van der Waals surface area contributed by atoms with Crippen LogP contribution in [0.25, 0.3) is 0 Å². The fraction of sp³-hybridized carbons (Fsp3) is 0.562. The molecule has 3 N–H and O–H groups in total. The molecule has 4 nitrogen and oxygen atoms in total. The first kappa shape index (κ1) is 21.2. The molecule has 0 aliphatic heterocycles. The number of rotatable bonds is 7. The second-order valence-electron chi connectivity index (χ2n) is 5.48. The number of nitrogens with two attached hydrogens (primary N) is 1. The molecule has 1 unspecified atom stereocenters. The van der Waals surface area contributed by atoms with Crippen LogP contribution in [0.4, 0.5) is 0 Å². The number of benzene rings is 1. The van der Waals surface area contributed by atoms with Gasteiger partial charge in [0.15, 0.2) is 6.10 Å². The zero-order chi connectivity index (χ0) is 16.0. The third-order valence-corrected chi connectivity index (χ3v) is 4.40. The van der Waals surface area contributed by atoms with Gasteiger partial charge in [-0.1, -0.05) is 19.9 Å². The molecule has 0 fully saturated rings. The Balaban J connectivity index is 0.00000441. The molecule has 1 aromatic carbocycles. The van der Waals surface area contributed by atoms with Crippen LogP contribution < -0.4 is 15.8 Å². The van der Waals surface area contributed by atoms with Gasteiger partial charge in [0.25, 0.3) is 5.91 Å². The summed E-state index contributed by atoms with van der Waals surface area (Å²) in [6.45, 7) is 8.25. The van der Waals surface area contributed by atoms with Crippen LogP contribution >= 0.6 is 28.3 Å². The van der Waals surface area contributed by atoms with Gasteiger partial charge in [0, 0.05) is 12.1 Å². The summed E-state index contributed by atoms with van der Waals surface area (Å²) in [4.78, 5) is 12.1. The first-order valence-corrected chi connectivity index (χ1v) is 8.10. The van der Waals surface area contributed by atoms with Gasteiger partial charge in [-0.2, -0.15) is 0 Å². The van der Waals surface area contributed by atoms with Gasteiger partial charge >= 0.3 is 0 Å². The van der Waals surface area contributed by atoms with Gasteiger partial charge in [-0.15, -0.1) is 12.4 Å². The van der Waals surface area contributed by atoms with E-state index in [1.54, 1.807) is 6.92 Å². The average molecular weight is 394 g/mol. The number of hydrogen-bond donors (Lipinski definition) is 2. The van der Waals surface area contributed by atoms with Crippen molar-refractivity contribution in [2.45, 2.75) is 52.2 Å². The van der Waals surface area contributed by atoms with Crippen molar-refractivity contribution in [3.8, 4) is 5.75 Å². The van der Waals surface area contributed by atoms with Crippen molar-refractivity contribution < 1.29 is 9.53 Å². The van der Waals surface area contributed by atoms with Crippen molar-refractivity contribution in [1.82, 2.24) is 5.32 Å². The summed E-state index contributed by atoms with van der Waals surface area (Å²) in [5.74, 6) is 0.507. The van der Waals surface area contributed by atoms with Crippen LogP contribution in [0.15, 0.2) is 22.7 Å². The number of halogens is 2. The number of nitrogens with one attached hydrogen (secondary N) is 1. The normalized spacial score (nSPS) is 12.3. The smallest absolute Gasteiger partial charge is 0.260 e. The summed E-state index contributed by atoms with van der Waals surface area (Å²) in [6.07, 6.45) is 1.08. The van der Waals surface area contributed by atoms with Gasteiger partial charge in [-0.3, -0.25) is 4.79 Å². The number of carbonyl (C=O) groups excluding carboxylic acids is 1. The van der Waals surface area contributed by atoms with Crippen molar-refractivity contribution >= 4 is 34.2 Å². The maximum Gasteiger partial charge on any atom is 0.260 e. The minimum absolute atomic E-state index is 0. The summed E-state index contributed by atoms with van der Waals surface area (Å²) in [6, 6.07) is 5.76. The van der Waals surface area contributed by atoms with Gasteiger partial charge in [-0.05, 0) is 60.3 Å². The molecule has 126 valence electrons. The van der Waals surface area contributed by atoms with Crippen LogP contribution in [0.1, 0.15) is 39.2 Å². The highest BCUT2D eigenvalue weighted by atomic mass is 79.9. The summed E-state index contributed by atoms with van der Waals surface area (Å²) in [7, 11) is 0. The van der Waals surface area contributed by atoms with Crippen LogP contribution in [-0.4, -0.2) is 24.1 Å². The highest BCUT2D eigenvalue weighted by molar-refractivity contribution is 9.10. The number of ether oxygens (including phenoxy) is 1. The van der Waals surface area contributed by atoms with E-state index in [4.69, 9.17) is 10.5 Å². The molecule has 6 heteroatoms. The number of amides is 1. The highest BCUT2D eigenvalue weighted by Gasteiger charge is 2.23. The van der Waals surface area contributed by atoms with Crippen LogP contribution in [0.5, 0.6) is 5.75 Å². The van der Waals surface area contributed by atoms with E-state index >= 15 is 0 Å². The van der Waals surface area contributed by atoms with Crippen LogP contribution in [0, 0.1) is 6.92 Å². The zero-order valence-electron chi connectivity index (χ0n) is 13.6. The number of aryl methyl sites for hydroxylation is 1. The Morgan fingerprint density at radius 3 is 2.50 bits per heavy atom. The first-order valence-electron chi connectivity index (χ1n) is 7.30. The zero-order valence-corrected chi connectivity index (χ0v) is 16.0. The maximum absolute atomic E-state index is 12.1. The van der Waals surface area contributed by atoms with E-state index in [-0.39, 0.29) is 23.9 Å². The Kier molecular flexibility index (Phi) is 9.05. The average Bonchev–Trinajstić information content (AvgIpc) is 2.47.